The molecule has 0 aromatic carbocycles. The molecular formula is C13H25N. The quantitative estimate of drug-likeness (QED) is 0.728. The van der Waals surface area contributed by atoms with Gasteiger partial charge in [0.1, 0.15) is 0 Å². The molecule has 1 N–H and O–H groups in total. The summed E-state index contributed by atoms with van der Waals surface area (Å²) in [5, 5.41) is 3.87. The summed E-state index contributed by atoms with van der Waals surface area (Å²) in [6.45, 7) is 7.15. The molecular weight excluding hydrogens is 170 g/mol. The number of hydrogen-bond acceptors (Lipinski definition) is 1. The molecule has 0 bridgehead atoms. The predicted octanol–water partition coefficient (Wildman–Crippen LogP) is 3.34. The van der Waals surface area contributed by atoms with Gasteiger partial charge < -0.3 is 5.32 Å². The third-order valence-electron chi connectivity index (χ3n) is 4.36. The maximum Gasteiger partial charge on any atom is 0.00979 e. The van der Waals surface area contributed by atoms with Gasteiger partial charge in [-0.2, -0.15) is 0 Å². The molecule has 0 heterocycles. The molecule has 0 aliphatic heterocycles. The summed E-state index contributed by atoms with van der Waals surface area (Å²) in [6, 6.07) is 1.68. The van der Waals surface area contributed by atoms with Crippen LogP contribution in [0.15, 0.2) is 0 Å². The third kappa shape index (κ3) is 2.13. The average molecular weight is 195 g/mol. The van der Waals surface area contributed by atoms with Gasteiger partial charge >= 0.3 is 0 Å². The van der Waals surface area contributed by atoms with Gasteiger partial charge in [0.15, 0.2) is 0 Å². The van der Waals surface area contributed by atoms with Crippen molar-refractivity contribution in [3.63, 3.8) is 0 Å². The van der Waals surface area contributed by atoms with E-state index in [-0.39, 0.29) is 0 Å². The lowest BCUT2D eigenvalue weighted by Gasteiger charge is -2.39. The van der Waals surface area contributed by atoms with E-state index in [9.17, 15) is 0 Å². The van der Waals surface area contributed by atoms with Crippen LogP contribution in [0.4, 0.5) is 0 Å². The van der Waals surface area contributed by atoms with Crippen LogP contribution in [-0.2, 0) is 0 Å². The molecule has 2 fully saturated rings. The van der Waals surface area contributed by atoms with E-state index in [0.29, 0.717) is 5.41 Å². The van der Waals surface area contributed by atoms with Gasteiger partial charge in [-0.1, -0.05) is 27.2 Å². The minimum atomic E-state index is 0.600. The van der Waals surface area contributed by atoms with Crippen LogP contribution in [0.3, 0.4) is 0 Å². The van der Waals surface area contributed by atoms with Gasteiger partial charge in [0, 0.05) is 12.1 Å². The van der Waals surface area contributed by atoms with Gasteiger partial charge in [0.25, 0.3) is 0 Å². The Bertz CT molecular complexity index is 195. The lowest BCUT2D eigenvalue weighted by molar-refractivity contribution is 0.183. The van der Waals surface area contributed by atoms with Crippen molar-refractivity contribution < 1.29 is 0 Å². The van der Waals surface area contributed by atoms with E-state index in [1.54, 1.807) is 0 Å². The Hall–Kier alpha value is -0.0400. The van der Waals surface area contributed by atoms with Crippen molar-refractivity contribution in [1.82, 2.24) is 5.32 Å². The fraction of sp³-hybridized carbons (Fsp3) is 1.00. The Labute approximate surface area is 88.7 Å². The molecule has 0 amide bonds. The second-order valence-corrected chi connectivity index (χ2v) is 6.12. The highest BCUT2D eigenvalue weighted by atomic mass is 15.0. The zero-order valence-corrected chi connectivity index (χ0v) is 9.97. The van der Waals surface area contributed by atoms with E-state index in [1.807, 2.05) is 0 Å². The summed E-state index contributed by atoms with van der Waals surface area (Å²) in [5.41, 5.74) is 0.600. The molecule has 14 heavy (non-hydrogen) atoms. The second-order valence-electron chi connectivity index (χ2n) is 6.12. The van der Waals surface area contributed by atoms with Crippen LogP contribution >= 0.6 is 0 Å². The smallest absolute Gasteiger partial charge is 0.00979 e. The van der Waals surface area contributed by atoms with Crippen molar-refractivity contribution in [2.75, 3.05) is 0 Å². The summed E-state index contributed by atoms with van der Waals surface area (Å²) in [6.07, 6.45) is 8.46. The van der Waals surface area contributed by atoms with E-state index in [1.165, 1.54) is 38.5 Å². The Morgan fingerprint density at radius 1 is 1.21 bits per heavy atom. The molecule has 3 atom stereocenters. The normalized spacial score (nSPS) is 40.9. The van der Waals surface area contributed by atoms with Gasteiger partial charge in [0.05, 0.1) is 0 Å². The maximum absolute atomic E-state index is 3.87. The van der Waals surface area contributed by atoms with Gasteiger partial charge in [-0.05, 0) is 43.4 Å². The topological polar surface area (TPSA) is 12.0 Å². The maximum atomic E-state index is 3.87. The molecule has 82 valence electrons. The SMILES string of the molecule is CCC1CCC1NC1CCC(C)(C)C1. The summed E-state index contributed by atoms with van der Waals surface area (Å²) in [7, 11) is 0. The summed E-state index contributed by atoms with van der Waals surface area (Å²) >= 11 is 0. The third-order valence-corrected chi connectivity index (χ3v) is 4.36. The average Bonchev–Trinajstić information content (AvgIpc) is 2.41. The van der Waals surface area contributed by atoms with E-state index in [0.717, 1.165) is 18.0 Å². The number of hydrogen-bond donors (Lipinski definition) is 1. The molecule has 0 aromatic rings. The molecule has 0 spiro atoms. The highest BCUT2D eigenvalue weighted by Gasteiger charge is 2.35. The predicted molar refractivity (Wildman–Crippen MR) is 61.4 cm³/mol. The van der Waals surface area contributed by atoms with Crippen LogP contribution in [0.2, 0.25) is 0 Å². The van der Waals surface area contributed by atoms with Crippen LogP contribution in [-0.4, -0.2) is 12.1 Å². The highest BCUT2D eigenvalue weighted by Crippen LogP contribution is 2.39. The van der Waals surface area contributed by atoms with Gasteiger partial charge in [-0.15, -0.1) is 0 Å². The van der Waals surface area contributed by atoms with E-state index in [4.69, 9.17) is 0 Å². The van der Waals surface area contributed by atoms with Crippen LogP contribution in [0.5, 0.6) is 0 Å². The summed E-state index contributed by atoms with van der Waals surface area (Å²) < 4.78 is 0. The minimum absolute atomic E-state index is 0.600. The summed E-state index contributed by atoms with van der Waals surface area (Å²) in [4.78, 5) is 0. The molecule has 1 heteroatoms. The minimum Gasteiger partial charge on any atom is -0.311 e. The van der Waals surface area contributed by atoms with Gasteiger partial charge in [-0.25, -0.2) is 0 Å². The largest absolute Gasteiger partial charge is 0.311 e. The van der Waals surface area contributed by atoms with Crippen LogP contribution < -0.4 is 5.32 Å². The fourth-order valence-corrected chi connectivity index (χ4v) is 3.16. The van der Waals surface area contributed by atoms with E-state index < -0.39 is 0 Å². The second kappa shape index (κ2) is 3.84. The van der Waals surface area contributed by atoms with Crippen molar-refractivity contribution >= 4 is 0 Å². The molecule has 0 aromatic heterocycles. The van der Waals surface area contributed by atoms with Gasteiger partial charge in [0.2, 0.25) is 0 Å². The van der Waals surface area contributed by atoms with E-state index in [2.05, 4.69) is 26.1 Å². The molecule has 2 aliphatic rings. The molecule has 0 radical (unpaired) electrons. The fourth-order valence-electron chi connectivity index (χ4n) is 3.16. The highest BCUT2D eigenvalue weighted by molar-refractivity contribution is 4.93. The molecule has 2 saturated carbocycles. The van der Waals surface area contributed by atoms with Gasteiger partial charge in [-0.3, -0.25) is 0 Å². The monoisotopic (exact) mass is 195 g/mol. The first-order valence-corrected chi connectivity index (χ1v) is 6.37. The number of rotatable bonds is 3. The lowest BCUT2D eigenvalue weighted by Crippen LogP contribution is -2.47. The Kier molecular flexibility index (Phi) is 2.88. The van der Waals surface area contributed by atoms with Crippen molar-refractivity contribution in [2.24, 2.45) is 11.3 Å². The first-order valence-electron chi connectivity index (χ1n) is 6.37. The van der Waals surface area contributed by atoms with Crippen molar-refractivity contribution in [2.45, 2.75) is 71.4 Å². The van der Waals surface area contributed by atoms with Crippen LogP contribution in [0, 0.1) is 11.3 Å². The van der Waals surface area contributed by atoms with Crippen LogP contribution in [0.1, 0.15) is 59.3 Å². The molecule has 2 rings (SSSR count). The zero-order chi connectivity index (χ0) is 10.2. The zero-order valence-electron chi connectivity index (χ0n) is 9.97. The Morgan fingerprint density at radius 2 is 2.00 bits per heavy atom. The van der Waals surface area contributed by atoms with Crippen molar-refractivity contribution in [3.8, 4) is 0 Å². The van der Waals surface area contributed by atoms with Crippen LogP contribution in [0.25, 0.3) is 0 Å². The molecule has 2 aliphatic carbocycles. The Balaban J connectivity index is 1.76. The standard InChI is InChI=1S/C13H25N/c1-4-10-5-6-12(10)14-11-7-8-13(2,3)9-11/h10-12,14H,4-9H2,1-3H3. The van der Waals surface area contributed by atoms with E-state index >= 15 is 0 Å². The summed E-state index contributed by atoms with van der Waals surface area (Å²) in [5.74, 6) is 0.985. The molecule has 0 saturated heterocycles. The molecule has 1 nitrogen and oxygen atoms in total. The first-order chi connectivity index (χ1) is 6.61. The number of nitrogens with one attached hydrogen (secondary N) is 1. The molecule has 3 unspecified atom stereocenters. The van der Waals surface area contributed by atoms with Crippen molar-refractivity contribution in [1.29, 1.82) is 0 Å². The van der Waals surface area contributed by atoms with Crippen molar-refractivity contribution in [3.05, 3.63) is 0 Å². The first kappa shape index (κ1) is 10.5. The Morgan fingerprint density at radius 3 is 2.43 bits per heavy atom. The lowest BCUT2D eigenvalue weighted by atomic mass is 9.77.